The van der Waals surface area contributed by atoms with Crippen LogP contribution in [0.25, 0.3) is 11.1 Å². The molecule has 4 heteroatoms. The Balaban J connectivity index is 1.67. The number of nitrogens with two attached hydrogens (primary N) is 1. The van der Waals surface area contributed by atoms with Gasteiger partial charge in [-0.05, 0) is 40.8 Å². The first-order chi connectivity index (χ1) is 12.8. The van der Waals surface area contributed by atoms with Crippen molar-refractivity contribution in [3.63, 3.8) is 0 Å². The minimum atomic E-state index is -0.0201. The number of hydrogen-bond donors (Lipinski definition) is 1. The van der Waals surface area contributed by atoms with Crippen LogP contribution in [0.1, 0.15) is 27.2 Å². The van der Waals surface area contributed by atoms with Crippen LogP contribution in [0, 0.1) is 0 Å². The molecular formula is C22H21N3O. The lowest BCUT2D eigenvalue weighted by Gasteiger charge is -2.29. The molecule has 4 nitrogen and oxygen atoms in total. The van der Waals surface area contributed by atoms with E-state index in [2.05, 4.69) is 23.2 Å². The minimum absolute atomic E-state index is 0.0201. The Bertz CT molecular complexity index is 951. The number of carbonyl (C=O) groups is 1. The molecule has 26 heavy (non-hydrogen) atoms. The SMILES string of the molecule is NCc1cccc(-c2cccnc2C(=O)N2CCc3ccccc3C2)c1. The standard InChI is InChI=1S/C22H21N3O/c23-14-16-5-3-8-18(13-16)20-9-4-11-24-21(20)22(26)25-12-10-17-6-1-2-7-19(17)15-25/h1-9,11,13H,10,12,14-15,23H2. The molecule has 3 aromatic rings. The maximum Gasteiger partial charge on any atom is 0.273 e. The number of pyridine rings is 1. The zero-order valence-electron chi connectivity index (χ0n) is 14.6. The van der Waals surface area contributed by atoms with Crippen LogP contribution in [0.15, 0.2) is 66.9 Å². The van der Waals surface area contributed by atoms with E-state index in [1.165, 1.54) is 11.1 Å². The molecule has 1 amide bonds. The highest BCUT2D eigenvalue weighted by Gasteiger charge is 2.24. The predicted octanol–water partition coefficient (Wildman–Crippen LogP) is 3.41. The van der Waals surface area contributed by atoms with Gasteiger partial charge in [0, 0.05) is 31.4 Å². The average Bonchev–Trinajstić information content (AvgIpc) is 2.73. The van der Waals surface area contributed by atoms with Gasteiger partial charge in [0.05, 0.1) is 0 Å². The molecule has 130 valence electrons. The fourth-order valence-electron chi connectivity index (χ4n) is 3.49. The van der Waals surface area contributed by atoms with Gasteiger partial charge in [-0.15, -0.1) is 0 Å². The second-order valence-electron chi connectivity index (χ2n) is 6.55. The molecule has 2 aromatic carbocycles. The molecule has 1 aliphatic heterocycles. The van der Waals surface area contributed by atoms with Crippen molar-refractivity contribution in [2.75, 3.05) is 6.54 Å². The zero-order chi connectivity index (χ0) is 17.9. The van der Waals surface area contributed by atoms with E-state index in [1.54, 1.807) is 6.20 Å². The molecule has 1 aliphatic rings. The topological polar surface area (TPSA) is 59.2 Å². The Hall–Kier alpha value is -2.98. The van der Waals surface area contributed by atoms with Crippen molar-refractivity contribution in [1.82, 2.24) is 9.88 Å². The van der Waals surface area contributed by atoms with E-state index >= 15 is 0 Å². The maximum atomic E-state index is 13.2. The first kappa shape index (κ1) is 16.5. The summed E-state index contributed by atoms with van der Waals surface area (Å²) >= 11 is 0. The monoisotopic (exact) mass is 343 g/mol. The smallest absolute Gasteiger partial charge is 0.273 e. The molecule has 0 fully saturated rings. The van der Waals surface area contributed by atoms with Gasteiger partial charge in [-0.1, -0.05) is 48.5 Å². The molecule has 0 radical (unpaired) electrons. The van der Waals surface area contributed by atoms with Crippen LogP contribution in [0.5, 0.6) is 0 Å². The Morgan fingerprint density at radius 2 is 1.88 bits per heavy atom. The van der Waals surface area contributed by atoms with Crippen molar-refractivity contribution in [1.29, 1.82) is 0 Å². The lowest BCUT2D eigenvalue weighted by atomic mass is 9.98. The van der Waals surface area contributed by atoms with E-state index in [1.807, 2.05) is 47.4 Å². The number of benzene rings is 2. The summed E-state index contributed by atoms with van der Waals surface area (Å²) in [5, 5.41) is 0. The van der Waals surface area contributed by atoms with Crippen LogP contribution in [-0.2, 0) is 19.5 Å². The van der Waals surface area contributed by atoms with Crippen molar-refractivity contribution in [3.05, 3.63) is 89.2 Å². The van der Waals surface area contributed by atoms with Gasteiger partial charge in [-0.25, -0.2) is 0 Å². The summed E-state index contributed by atoms with van der Waals surface area (Å²) in [6.07, 6.45) is 2.56. The van der Waals surface area contributed by atoms with E-state index in [0.29, 0.717) is 25.3 Å². The largest absolute Gasteiger partial charge is 0.333 e. The van der Waals surface area contributed by atoms with Gasteiger partial charge in [0.1, 0.15) is 5.69 Å². The molecule has 4 rings (SSSR count). The first-order valence-corrected chi connectivity index (χ1v) is 8.86. The molecule has 0 unspecified atom stereocenters. The fourth-order valence-corrected chi connectivity index (χ4v) is 3.49. The lowest BCUT2D eigenvalue weighted by molar-refractivity contribution is 0.0729. The third kappa shape index (κ3) is 3.11. The average molecular weight is 343 g/mol. The van der Waals surface area contributed by atoms with Crippen molar-refractivity contribution < 1.29 is 4.79 Å². The van der Waals surface area contributed by atoms with Gasteiger partial charge in [0.15, 0.2) is 0 Å². The molecular weight excluding hydrogens is 322 g/mol. The van der Waals surface area contributed by atoms with Crippen LogP contribution in [0.4, 0.5) is 0 Å². The molecule has 0 atom stereocenters. The zero-order valence-corrected chi connectivity index (χ0v) is 14.6. The number of fused-ring (bicyclic) bond motifs is 1. The van der Waals surface area contributed by atoms with Crippen molar-refractivity contribution in [2.45, 2.75) is 19.5 Å². The molecule has 0 spiro atoms. The predicted molar refractivity (Wildman–Crippen MR) is 102 cm³/mol. The highest BCUT2D eigenvalue weighted by molar-refractivity contribution is 5.99. The van der Waals surface area contributed by atoms with Gasteiger partial charge >= 0.3 is 0 Å². The number of hydrogen-bond acceptors (Lipinski definition) is 3. The fraction of sp³-hybridized carbons (Fsp3) is 0.182. The van der Waals surface area contributed by atoms with E-state index in [-0.39, 0.29) is 5.91 Å². The third-order valence-electron chi connectivity index (χ3n) is 4.90. The van der Waals surface area contributed by atoms with E-state index in [9.17, 15) is 4.79 Å². The van der Waals surface area contributed by atoms with Crippen molar-refractivity contribution >= 4 is 5.91 Å². The molecule has 0 saturated heterocycles. The molecule has 2 N–H and O–H groups in total. The van der Waals surface area contributed by atoms with E-state index < -0.39 is 0 Å². The number of rotatable bonds is 3. The second kappa shape index (κ2) is 7.10. The van der Waals surface area contributed by atoms with E-state index in [0.717, 1.165) is 23.1 Å². The molecule has 0 saturated carbocycles. The highest BCUT2D eigenvalue weighted by atomic mass is 16.2. The Kier molecular flexibility index (Phi) is 4.50. The van der Waals surface area contributed by atoms with Gasteiger partial charge in [-0.3, -0.25) is 9.78 Å². The summed E-state index contributed by atoms with van der Waals surface area (Å²) < 4.78 is 0. The maximum absolute atomic E-state index is 13.2. The Labute approximate surface area is 153 Å². The Morgan fingerprint density at radius 1 is 1.04 bits per heavy atom. The van der Waals surface area contributed by atoms with Crippen LogP contribution >= 0.6 is 0 Å². The Morgan fingerprint density at radius 3 is 2.73 bits per heavy atom. The van der Waals surface area contributed by atoms with E-state index in [4.69, 9.17) is 5.73 Å². The first-order valence-electron chi connectivity index (χ1n) is 8.86. The van der Waals surface area contributed by atoms with Crippen LogP contribution in [0.2, 0.25) is 0 Å². The van der Waals surface area contributed by atoms with Crippen LogP contribution in [-0.4, -0.2) is 22.3 Å². The lowest BCUT2D eigenvalue weighted by Crippen LogP contribution is -2.36. The molecule has 0 bridgehead atoms. The van der Waals surface area contributed by atoms with Gasteiger partial charge in [-0.2, -0.15) is 0 Å². The highest BCUT2D eigenvalue weighted by Crippen LogP contribution is 2.26. The number of carbonyl (C=O) groups excluding carboxylic acids is 1. The second-order valence-corrected chi connectivity index (χ2v) is 6.55. The minimum Gasteiger partial charge on any atom is -0.333 e. The molecule has 1 aromatic heterocycles. The quantitative estimate of drug-likeness (QED) is 0.793. The third-order valence-corrected chi connectivity index (χ3v) is 4.90. The summed E-state index contributed by atoms with van der Waals surface area (Å²) in [5.74, 6) is -0.0201. The van der Waals surface area contributed by atoms with Gasteiger partial charge in [0.2, 0.25) is 0 Å². The van der Waals surface area contributed by atoms with Crippen LogP contribution in [0.3, 0.4) is 0 Å². The van der Waals surface area contributed by atoms with Crippen LogP contribution < -0.4 is 5.73 Å². The summed E-state index contributed by atoms with van der Waals surface area (Å²) in [6.45, 7) is 1.82. The normalized spacial score (nSPS) is 13.3. The number of aromatic nitrogens is 1. The van der Waals surface area contributed by atoms with Gasteiger partial charge in [0.25, 0.3) is 5.91 Å². The molecule has 0 aliphatic carbocycles. The van der Waals surface area contributed by atoms with Crippen molar-refractivity contribution in [2.24, 2.45) is 5.73 Å². The van der Waals surface area contributed by atoms with Crippen molar-refractivity contribution in [3.8, 4) is 11.1 Å². The molecule has 2 heterocycles. The van der Waals surface area contributed by atoms with Gasteiger partial charge < -0.3 is 10.6 Å². The number of amides is 1. The number of nitrogens with zero attached hydrogens (tertiary/aromatic N) is 2. The summed E-state index contributed by atoms with van der Waals surface area (Å²) in [6, 6.07) is 20.1. The summed E-state index contributed by atoms with van der Waals surface area (Å²) in [4.78, 5) is 19.5. The summed E-state index contributed by atoms with van der Waals surface area (Å²) in [5.41, 5.74) is 11.7. The summed E-state index contributed by atoms with van der Waals surface area (Å²) in [7, 11) is 0.